The molecule has 5 nitrogen and oxygen atoms in total. The molecule has 0 bridgehead atoms. The highest BCUT2D eigenvalue weighted by molar-refractivity contribution is 7.91. The van der Waals surface area contributed by atoms with Gasteiger partial charge in [-0.15, -0.1) is 0 Å². The van der Waals surface area contributed by atoms with Crippen molar-refractivity contribution in [1.82, 2.24) is 10.2 Å². The van der Waals surface area contributed by atoms with Gasteiger partial charge in [0.25, 0.3) is 0 Å². The smallest absolute Gasteiger partial charge is 0.240 e. The van der Waals surface area contributed by atoms with Gasteiger partial charge in [-0.25, -0.2) is 8.42 Å². The number of likely N-dealkylation sites (N-methyl/N-ethyl adjacent to an activating group) is 1. The van der Waals surface area contributed by atoms with Crippen LogP contribution in [-0.2, 0) is 14.6 Å². The third-order valence-electron chi connectivity index (χ3n) is 1.96. The normalized spacial score (nSPS) is 26.8. The van der Waals surface area contributed by atoms with Crippen molar-refractivity contribution in [2.24, 2.45) is 0 Å². The lowest BCUT2D eigenvalue weighted by Crippen LogP contribution is -2.53. The lowest BCUT2D eigenvalue weighted by molar-refractivity contribution is -0.130. The van der Waals surface area contributed by atoms with Gasteiger partial charge in [0, 0.05) is 20.6 Å². The van der Waals surface area contributed by atoms with E-state index in [9.17, 15) is 13.2 Å². The second kappa shape index (κ2) is 3.63. The molecule has 0 radical (unpaired) electrons. The van der Waals surface area contributed by atoms with Gasteiger partial charge in [-0.05, 0) is 0 Å². The molecule has 1 amide bonds. The first-order valence-corrected chi connectivity index (χ1v) is 5.89. The summed E-state index contributed by atoms with van der Waals surface area (Å²) < 4.78 is 22.4. The molecule has 1 rings (SSSR count). The van der Waals surface area contributed by atoms with Crippen molar-refractivity contribution in [2.75, 3.05) is 32.1 Å². The molecule has 0 aromatic heterocycles. The van der Waals surface area contributed by atoms with E-state index >= 15 is 0 Å². The van der Waals surface area contributed by atoms with E-state index in [0.717, 1.165) is 0 Å². The molecule has 13 heavy (non-hydrogen) atoms. The zero-order valence-corrected chi connectivity index (χ0v) is 8.60. The van der Waals surface area contributed by atoms with Gasteiger partial charge in [0.2, 0.25) is 5.91 Å². The number of rotatable bonds is 1. The molecule has 1 N–H and O–H groups in total. The van der Waals surface area contributed by atoms with E-state index < -0.39 is 15.9 Å². The first-order chi connectivity index (χ1) is 5.92. The van der Waals surface area contributed by atoms with E-state index in [2.05, 4.69) is 5.32 Å². The highest BCUT2D eigenvalue weighted by atomic mass is 32.2. The van der Waals surface area contributed by atoms with E-state index in [0.29, 0.717) is 6.54 Å². The number of nitrogens with one attached hydrogen (secondary N) is 1. The molecule has 0 aromatic carbocycles. The van der Waals surface area contributed by atoms with Crippen LogP contribution in [0.3, 0.4) is 0 Å². The third-order valence-corrected chi connectivity index (χ3v) is 3.63. The minimum absolute atomic E-state index is 0.0794. The molecule has 6 heteroatoms. The maximum atomic E-state index is 11.4. The van der Waals surface area contributed by atoms with Crippen LogP contribution >= 0.6 is 0 Å². The monoisotopic (exact) mass is 206 g/mol. The van der Waals surface area contributed by atoms with Crippen LogP contribution in [-0.4, -0.2) is 57.4 Å². The average Bonchev–Trinajstić information content (AvgIpc) is 2.01. The van der Waals surface area contributed by atoms with Crippen LogP contribution in [0.4, 0.5) is 0 Å². The zero-order valence-electron chi connectivity index (χ0n) is 7.78. The van der Waals surface area contributed by atoms with Crippen LogP contribution in [0.1, 0.15) is 0 Å². The van der Waals surface area contributed by atoms with E-state index in [4.69, 9.17) is 0 Å². The summed E-state index contributed by atoms with van der Waals surface area (Å²) in [4.78, 5) is 12.8. The van der Waals surface area contributed by atoms with Gasteiger partial charge < -0.3 is 10.2 Å². The van der Waals surface area contributed by atoms with Crippen LogP contribution in [0.15, 0.2) is 0 Å². The Morgan fingerprint density at radius 3 is 2.54 bits per heavy atom. The summed E-state index contributed by atoms with van der Waals surface area (Å²) in [6, 6.07) is -0.561. The van der Waals surface area contributed by atoms with Crippen LogP contribution in [0, 0.1) is 0 Å². The lowest BCUT2D eigenvalue weighted by Gasteiger charge is -2.25. The molecular weight excluding hydrogens is 192 g/mol. The molecule has 1 fully saturated rings. The average molecular weight is 206 g/mol. The number of sulfone groups is 1. The number of amides is 1. The molecule has 1 heterocycles. The topological polar surface area (TPSA) is 66.5 Å². The summed E-state index contributed by atoms with van der Waals surface area (Å²) in [5, 5.41) is 2.89. The fraction of sp³-hybridized carbons (Fsp3) is 0.857. The first kappa shape index (κ1) is 10.5. The zero-order chi connectivity index (χ0) is 10.1. The molecule has 0 aliphatic carbocycles. The second-order valence-corrected chi connectivity index (χ2v) is 5.58. The number of hydrogen-bond acceptors (Lipinski definition) is 4. The van der Waals surface area contributed by atoms with Crippen LogP contribution < -0.4 is 5.32 Å². The predicted molar refractivity (Wildman–Crippen MR) is 49.1 cm³/mol. The maximum absolute atomic E-state index is 11.4. The third kappa shape index (κ3) is 2.67. The summed E-state index contributed by atoms with van der Waals surface area (Å²) in [5.74, 6) is -0.128. The minimum Gasteiger partial charge on any atom is -0.347 e. The summed E-state index contributed by atoms with van der Waals surface area (Å²) in [7, 11) is 0.212. The predicted octanol–water partition coefficient (Wildman–Crippen LogP) is -1.54. The summed E-state index contributed by atoms with van der Waals surface area (Å²) >= 11 is 0. The van der Waals surface area contributed by atoms with Crippen molar-refractivity contribution < 1.29 is 13.2 Å². The van der Waals surface area contributed by atoms with Gasteiger partial charge >= 0.3 is 0 Å². The van der Waals surface area contributed by atoms with Gasteiger partial charge in [0.05, 0.1) is 11.5 Å². The first-order valence-electron chi connectivity index (χ1n) is 4.07. The fourth-order valence-electron chi connectivity index (χ4n) is 1.26. The highest BCUT2D eigenvalue weighted by Gasteiger charge is 2.30. The van der Waals surface area contributed by atoms with E-state index in [-0.39, 0.29) is 17.4 Å². The minimum atomic E-state index is -3.02. The molecule has 1 aliphatic rings. The Morgan fingerprint density at radius 2 is 2.08 bits per heavy atom. The van der Waals surface area contributed by atoms with Crippen LogP contribution in [0.5, 0.6) is 0 Å². The molecular formula is C7H14N2O3S. The Kier molecular flexibility index (Phi) is 2.92. The molecule has 1 unspecified atom stereocenters. The standard InChI is InChI=1S/C7H14N2O3S/c1-9(2)7(10)6-5-13(11,12)4-3-8-6/h6,8H,3-5H2,1-2H3. The van der Waals surface area contributed by atoms with Gasteiger partial charge in [-0.2, -0.15) is 0 Å². The molecule has 1 saturated heterocycles. The maximum Gasteiger partial charge on any atom is 0.240 e. The summed E-state index contributed by atoms with van der Waals surface area (Å²) in [6.07, 6.45) is 0. The summed E-state index contributed by atoms with van der Waals surface area (Å²) in [6.45, 7) is 0.368. The molecule has 1 aliphatic heterocycles. The van der Waals surface area contributed by atoms with Crippen molar-refractivity contribution in [3.8, 4) is 0 Å². The van der Waals surface area contributed by atoms with E-state index in [1.54, 1.807) is 14.1 Å². The second-order valence-electron chi connectivity index (χ2n) is 3.35. The lowest BCUT2D eigenvalue weighted by atomic mass is 10.3. The van der Waals surface area contributed by atoms with E-state index in [1.165, 1.54) is 4.90 Å². The van der Waals surface area contributed by atoms with Gasteiger partial charge in [0.1, 0.15) is 6.04 Å². The number of hydrogen-bond donors (Lipinski definition) is 1. The Hall–Kier alpha value is -0.620. The van der Waals surface area contributed by atoms with Crippen LogP contribution in [0.25, 0.3) is 0 Å². The Morgan fingerprint density at radius 1 is 1.46 bits per heavy atom. The van der Waals surface area contributed by atoms with Gasteiger partial charge in [-0.1, -0.05) is 0 Å². The van der Waals surface area contributed by atoms with Crippen molar-refractivity contribution in [3.05, 3.63) is 0 Å². The molecule has 0 saturated carbocycles. The number of carbonyl (C=O) groups is 1. The highest BCUT2D eigenvalue weighted by Crippen LogP contribution is 2.03. The van der Waals surface area contributed by atoms with Gasteiger partial charge in [0.15, 0.2) is 9.84 Å². The number of nitrogens with zero attached hydrogens (tertiary/aromatic N) is 1. The van der Waals surface area contributed by atoms with Gasteiger partial charge in [-0.3, -0.25) is 4.79 Å². The Balaban J connectivity index is 2.68. The van der Waals surface area contributed by atoms with Crippen molar-refractivity contribution >= 4 is 15.7 Å². The van der Waals surface area contributed by atoms with Crippen LogP contribution in [0.2, 0.25) is 0 Å². The fourth-order valence-corrected chi connectivity index (χ4v) is 2.62. The van der Waals surface area contributed by atoms with Crippen molar-refractivity contribution in [2.45, 2.75) is 6.04 Å². The molecule has 1 atom stereocenters. The molecule has 0 aromatic rings. The quantitative estimate of drug-likeness (QED) is 0.565. The number of carbonyl (C=O) groups excluding carboxylic acids is 1. The Labute approximate surface area is 78.0 Å². The van der Waals surface area contributed by atoms with Crippen molar-refractivity contribution in [1.29, 1.82) is 0 Å². The summed E-state index contributed by atoms with van der Waals surface area (Å²) in [5.41, 5.74) is 0. The largest absolute Gasteiger partial charge is 0.347 e. The molecule has 76 valence electrons. The SMILES string of the molecule is CN(C)C(=O)C1CS(=O)(=O)CCN1. The van der Waals surface area contributed by atoms with Crippen molar-refractivity contribution in [3.63, 3.8) is 0 Å². The molecule has 0 spiro atoms. The Bertz CT molecular complexity index is 297. The van der Waals surface area contributed by atoms with E-state index in [1.807, 2.05) is 0 Å².